The van der Waals surface area contributed by atoms with Gasteiger partial charge in [-0.15, -0.1) is 0 Å². The summed E-state index contributed by atoms with van der Waals surface area (Å²) in [5.41, 5.74) is 0. The molecule has 2 heterocycles. The minimum absolute atomic E-state index is 0.0212. The second-order valence-corrected chi connectivity index (χ2v) is 10.9. The van der Waals surface area contributed by atoms with Gasteiger partial charge in [0.25, 0.3) is 0 Å². The molecule has 0 spiro atoms. The number of piperazine rings is 1. The third-order valence-electron chi connectivity index (χ3n) is 4.97. The molecular formula is C16H22N2O5S2. The van der Waals surface area contributed by atoms with Gasteiger partial charge in [-0.2, -0.15) is 0 Å². The van der Waals surface area contributed by atoms with E-state index < -0.39 is 31.0 Å². The van der Waals surface area contributed by atoms with Crippen LogP contribution in [0.1, 0.15) is 6.92 Å². The highest BCUT2D eigenvalue weighted by molar-refractivity contribution is 7.96. The molecule has 2 aliphatic rings. The van der Waals surface area contributed by atoms with E-state index in [2.05, 4.69) is 0 Å². The second kappa shape index (κ2) is 6.69. The van der Waals surface area contributed by atoms with E-state index in [1.54, 1.807) is 23.1 Å². The quantitative estimate of drug-likeness (QED) is 0.714. The van der Waals surface area contributed by atoms with Crippen LogP contribution in [-0.2, 0) is 24.5 Å². The summed E-state index contributed by atoms with van der Waals surface area (Å²) >= 11 is 0. The van der Waals surface area contributed by atoms with Crippen LogP contribution in [0.15, 0.2) is 35.2 Å². The fourth-order valence-corrected chi connectivity index (χ4v) is 8.44. The highest BCUT2D eigenvalue weighted by Crippen LogP contribution is 2.29. The number of rotatable bonds is 3. The van der Waals surface area contributed by atoms with Gasteiger partial charge in [0.05, 0.1) is 21.7 Å². The Morgan fingerprint density at radius 1 is 1.04 bits per heavy atom. The van der Waals surface area contributed by atoms with Crippen molar-refractivity contribution in [3.63, 3.8) is 0 Å². The third kappa shape index (κ3) is 3.73. The summed E-state index contributed by atoms with van der Waals surface area (Å²) in [6.45, 7) is 3.45. The van der Waals surface area contributed by atoms with E-state index in [1.165, 1.54) is 19.1 Å². The van der Waals surface area contributed by atoms with Crippen molar-refractivity contribution in [1.29, 1.82) is 0 Å². The number of benzene rings is 1. The number of carbonyl (C=O) groups is 1. The molecule has 7 nitrogen and oxygen atoms in total. The minimum atomic E-state index is -3.74. The lowest BCUT2D eigenvalue weighted by Crippen LogP contribution is -2.55. The molecular weight excluding hydrogens is 364 g/mol. The molecule has 2 saturated heterocycles. The second-order valence-electron chi connectivity index (χ2n) is 6.58. The SMILES string of the molecule is CC(=O)N1CCN([C@@H]2CS(=O)(=O)C[C@H]2S(=O)(=O)c2ccccc2)CC1. The van der Waals surface area contributed by atoms with Gasteiger partial charge < -0.3 is 4.90 Å². The van der Waals surface area contributed by atoms with Gasteiger partial charge in [0, 0.05) is 39.1 Å². The maximum atomic E-state index is 13.0. The first-order valence-electron chi connectivity index (χ1n) is 8.20. The van der Waals surface area contributed by atoms with Gasteiger partial charge in [-0.3, -0.25) is 9.69 Å². The van der Waals surface area contributed by atoms with Crippen LogP contribution in [0.3, 0.4) is 0 Å². The first-order chi connectivity index (χ1) is 11.7. The number of amides is 1. The topological polar surface area (TPSA) is 91.8 Å². The average Bonchev–Trinajstić information content (AvgIpc) is 2.92. The molecule has 0 aromatic heterocycles. The fraction of sp³-hybridized carbons (Fsp3) is 0.562. The van der Waals surface area contributed by atoms with Crippen LogP contribution in [0.5, 0.6) is 0 Å². The monoisotopic (exact) mass is 386 g/mol. The van der Waals surface area contributed by atoms with Gasteiger partial charge in [-0.1, -0.05) is 18.2 Å². The molecule has 0 radical (unpaired) electrons. The molecule has 0 N–H and O–H groups in total. The normalized spacial score (nSPS) is 27.3. The van der Waals surface area contributed by atoms with E-state index in [-0.39, 0.29) is 22.3 Å². The van der Waals surface area contributed by atoms with E-state index in [9.17, 15) is 21.6 Å². The van der Waals surface area contributed by atoms with E-state index in [0.717, 1.165) is 0 Å². The summed E-state index contributed by atoms with van der Waals surface area (Å²) < 4.78 is 50.4. The molecule has 2 aliphatic heterocycles. The summed E-state index contributed by atoms with van der Waals surface area (Å²) in [5.74, 6) is -0.516. The molecule has 0 unspecified atom stereocenters. The van der Waals surface area contributed by atoms with Crippen LogP contribution < -0.4 is 0 Å². The molecule has 2 fully saturated rings. The predicted octanol–water partition coefficient (Wildman–Crippen LogP) is -0.210. The van der Waals surface area contributed by atoms with E-state index in [0.29, 0.717) is 26.2 Å². The van der Waals surface area contributed by atoms with Crippen LogP contribution in [0, 0.1) is 0 Å². The molecule has 25 heavy (non-hydrogen) atoms. The van der Waals surface area contributed by atoms with Crippen LogP contribution in [0.4, 0.5) is 0 Å². The largest absolute Gasteiger partial charge is 0.340 e. The Bertz CT molecular complexity index is 844. The van der Waals surface area contributed by atoms with Gasteiger partial charge in [-0.05, 0) is 12.1 Å². The molecule has 1 aromatic rings. The summed E-state index contributed by atoms with van der Waals surface area (Å²) in [4.78, 5) is 15.2. The number of nitrogens with zero attached hydrogens (tertiary/aromatic N) is 2. The standard InChI is InChI=1S/C16H22N2O5S2/c1-13(19)17-7-9-18(10-8-17)15-11-24(20,21)12-16(15)25(22,23)14-5-3-2-4-6-14/h2-6,15-16H,7-12H2,1H3/t15-,16-/m1/s1. The number of hydrogen-bond acceptors (Lipinski definition) is 6. The maximum absolute atomic E-state index is 13.0. The Labute approximate surface area is 148 Å². The Morgan fingerprint density at radius 2 is 1.64 bits per heavy atom. The van der Waals surface area contributed by atoms with Crippen LogP contribution in [-0.4, -0.2) is 81.5 Å². The first kappa shape index (κ1) is 18.3. The van der Waals surface area contributed by atoms with E-state index in [1.807, 2.05) is 4.90 Å². The van der Waals surface area contributed by atoms with E-state index in [4.69, 9.17) is 0 Å². The van der Waals surface area contributed by atoms with Crippen molar-refractivity contribution in [2.45, 2.75) is 23.1 Å². The number of hydrogen-bond donors (Lipinski definition) is 0. The molecule has 0 saturated carbocycles. The molecule has 3 rings (SSSR count). The van der Waals surface area contributed by atoms with Crippen molar-refractivity contribution >= 4 is 25.6 Å². The molecule has 2 atom stereocenters. The van der Waals surface area contributed by atoms with Gasteiger partial charge >= 0.3 is 0 Å². The smallest absolute Gasteiger partial charge is 0.219 e. The van der Waals surface area contributed by atoms with Crippen LogP contribution in [0.25, 0.3) is 0 Å². The van der Waals surface area contributed by atoms with Crippen molar-refractivity contribution in [3.8, 4) is 0 Å². The van der Waals surface area contributed by atoms with Gasteiger partial charge in [0.15, 0.2) is 19.7 Å². The lowest BCUT2D eigenvalue weighted by molar-refractivity contribution is -0.130. The molecule has 0 bridgehead atoms. The first-order valence-corrected chi connectivity index (χ1v) is 11.6. The van der Waals surface area contributed by atoms with Gasteiger partial charge in [0.1, 0.15) is 0 Å². The third-order valence-corrected chi connectivity index (χ3v) is 9.11. The van der Waals surface area contributed by atoms with Crippen LogP contribution in [0.2, 0.25) is 0 Å². The maximum Gasteiger partial charge on any atom is 0.219 e. The highest BCUT2D eigenvalue weighted by atomic mass is 32.2. The Morgan fingerprint density at radius 3 is 2.20 bits per heavy atom. The zero-order chi connectivity index (χ0) is 18.2. The lowest BCUT2D eigenvalue weighted by atomic mass is 10.2. The average molecular weight is 386 g/mol. The Hall–Kier alpha value is -1.45. The summed E-state index contributed by atoms with van der Waals surface area (Å²) in [6, 6.07) is 7.44. The Balaban J connectivity index is 1.86. The van der Waals surface area contributed by atoms with Crippen molar-refractivity contribution in [3.05, 3.63) is 30.3 Å². The summed E-state index contributed by atoms with van der Waals surface area (Å²) in [7, 11) is -7.16. The van der Waals surface area contributed by atoms with E-state index >= 15 is 0 Å². The van der Waals surface area contributed by atoms with Gasteiger partial charge in [0.2, 0.25) is 5.91 Å². The molecule has 1 amide bonds. The molecule has 9 heteroatoms. The van der Waals surface area contributed by atoms with Gasteiger partial charge in [-0.25, -0.2) is 16.8 Å². The number of carbonyl (C=O) groups excluding carboxylic acids is 1. The predicted molar refractivity (Wildman–Crippen MR) is 93.7 cm³/mol. The zero-order valence-corrected chi connectivity index (χ0v) is 15.7. The molecule has 1 aromatic carbocycles. The van der Waals surface area contributed by atoms with Crippen LogP contribution >= 0.6 is 0 Å². The summed E-state index contributed by atoms with van der Waals surface area (Å²) in [6.07, 6.45) is 0. The van der Waals surface area contributed by atoms with Crippen molar-refractivity contribution in [2.24, 2.45) is 0 Å². The number of sulfone groups is 2. The fourth-order valence-electron chi connectivity index (χ4n) is 3.59. The zero-order valence-electron chi connectivity index (χ0n) is 14.0. The lowest BCUT2D eigenvalue weighted by Gasteiger charge is -2.39. The molecule has 138 valence electrons. The molecule has 0 aliphatic carbocycles. The van der Waals surface area contributed by atoms with Crippen molar-refractivity contribution in [2.75, 3.05) is 37.7 Å². The summed E-state index contributed by atoms with van der Waals surface area (Å²) in [5, 5.41) is -0.969. The van der Waals surface area contributed by atoms with Crippen molar-refractivity contribution in [1.82, 2.24) is 9.80 Å². The highest BCUT2D eigenvalue weighted by Gasteiger charge is 2.48. The van der Waals surface area contributed by atoms with Crippen molar-refractivity contribution < 1.29 is 21.6 Å². The minimum Gasteiger partial charge on any atom is -0.340 e. The Kier molecular flexibility index (Phi) is 4.91.